The molecule has 4 nitrogen and oxygen atoms in total. The summed E-state index contributed by atoms with van der Waals surface area (Å²) in [5.74, 6) is 0.399. The number of carbonyl (C=O) groups is 1. The van der Waals surface area contributed by atoms with Crippen molar-refractivity contribution in [2.24, 2.45) is 0 Å². The average Bonchev–Trinajstić information content (AvgIpc) is 3.00. The highest BCUT2D eigenvalue weighted by Crippen LogP contribution is 2.23. The van der Waals surface area contributed by atoms with Gasteiger partial charge in [0.15, 0.2) is 0 Å². The van der Waals surface area contributed by atoms with Crippen LogP contribution in [-0.4, -0.2) is 26.2 Å². The number of halogens is 1. The first kappa shape index (κ1) is 16.0. The van der Waals surface area contributed by atoms with E-state index in [2.05, 4.69) is 21.2 Å². The number of rotatable bonds is 7. The first-order chi connectivity index (χ1) is 10.2. The Bertz CT molecular complexity index is 587. The van der Waals surface area contributed by atoms with E-state index in [1.807, 2.05) is 23.6 Å². The lowest BCUT2D eigenvalue weighted by atomic mass is 10.2. The van der Waals surface area contributed by atoms with Gasteiger partial charge in [-0.25, -0.2) is 0 Å². The van der Waals surface area contributed by atoms with Gasteiger partial charge in [0, 0.05) is 16.5 Å². The number of hydrogen-bond acceptors (Lipinski definition) is 4. The fraction of sp³-hybridized carbons (Fsp3) is 0.267. The summed E-state index contributed by atoms with van der Waals surface area (Å²) in [4.78, 5) is 13.4. The second-order valence-electron chi connectivity index (χ2n) is 4.24. The van der Waals surface area contributed by atoms with Gasteiger partial charge >= 0.3 is 0 Å². The Balaban J connectivity index is 2.05. The summed E-state index contributed by atoms with van der Waals surface area (Å²) >= 11 is 4.99. The number of benzene rings is 1. The molecule has 0 spiro atoms. The van der Waals surface area contributed by atoms with Crippen molar-refractivity contribution >= 4 is 33.2 Å². The van der Waals surface area contributed by atoms with E-state index >= 15 is 0 Å². The monoisotopic (exact) mass is 369 g/mol. The van der Waals surface area contributed by atoms with E-state index in [1.54, 1.807) is 30.6 Å². The Morgan fingerprint density at radius 2 is 2.19 bits per heavy atom. The van der Waals surface area contributed by atoms with E-state index in [0.717, 1.165) is 9.35 Å². The number of ether oxygens (including phenoxy) is 2. The minimum absolute atomic E-state index is 0.155. The van der Waals surface area contributed by atoms with Gasteiger partial charge in [-0.05, 0) is 29.6 Å². The minimum Gasteiger partial charge on any atom is -0.490 e. The summed E-state index contributed by atoms with van der Waals surface area (Å²) in [6.07, 6.45) is 0. The van der Waals surface area contributed by atoms with E-state index in [4.69, 9.17) is 9.47 Å². The molecule has 1 N–H and O–H groups in total. The van der Waals surface area contributed by atoms with Crippen molar-refractivity contribution in [1.82, 2.24) is 5.32 Å². The lowest BCUT2D eigenvalue weighted by Crippen LogP contribution is -2.23. The zero-order valence-corrected chi connectivity index (χ0v) is 14.0. The number of methoxy groups -OCH3 is 1. The number of nitrogens with one attached hydrogen (secondary N) is 1. The molecule has 0 aliphatic rings. The summed E-state index contributed by atoms with van der Waals surface area (Å²) in [6.45, 7) is 1.40. The highest BCUT2D eigenvalue weighted by atomic mass is 79.9. The Hall–Kier alpha value is -1.37. The van der Waals surface area contributed by atoms with E-state index < -0.39 is 0 Å². The predicted molar refractivity (Wildman–Crippen MR) is 87.0 cm³/mol. The van der Waals surface area contributed by atoms with Crippen molar-refractivity contribution in [2.75, 3.05) is 20.3 Å². The van der Waals surface area contributed by atoms with Crippen LogP contribution in [0.25, 0.3) is 0 Å². The van der Waals surface area contributed by atoms with Crippen molar-refractivity contribution in [3.8, 4) is 5.75 Å². The number of thiophene rings is 1. The van der Waals surface area contributed by atoms with Crippen molar-refractivity contribution in [3.05, 3.63) is 50.6 Å². The second kappa shape index (κ2) is 8.17. The summed E-state index contributed by atoms with van der Waals surface area (Å²) in [5.41, 5.74) is 0.511. The fourth-order valence-corrected chi connectivity index (χ4v) is 2.72. The van der Waals surface area contributed by atoms with E-state index in [-0.39, 0.29) is 5.91 Å². The van der Waals surface area contributed by atoms with Crippen LogP contribution < -0.4 is 10.1 Å². The maximum Gasteiger partial charge on any atom is 0.255 e. The Labute approximate surface area is 136 Å². The molecule has 0 aliphatic heterocycles. The molecule has 0 radical (unpaired) electrons. The smallest absolute Gasteiger partial charge is 0.255 e. The molecular formula is C15H16BrNO3S. The van der Waals surface area contributed by atoms with Gasteiger partial charge in [-0.3, -0.25) is 4.79 Å². The number of carbonyl (C=O) groups excluding carboxylic acids is 1. The van der Waals surface area contributed by atoms with Gasteiger partial charge < -0.3 is 14.8 Å². The average molecular weight is 370 g/mol. The lowest BCUT2D eigenvalue weighted by molar-refractivity contribution is 0.0943. The molecule has 0 saturated heterocycles. The molecule has 112 valence electrons. The molecular weight excluding hydrogens is 354 g/mol. The molecule has 2 aromatic rings. The van der Waals surface area contributed by atoms with Gasteiger partial charge in [-0.15, -0.1) is 11.3 Å². The molecule has 1 aromatic heterocycles. The highest BCUT2D eigenvalue weighted by molar-refractivity contribution is 9.10. The zero-order chi connectivity index (χ0) is 15.1. The molecule has 0 aliphatic carbocycles. The zero-order valence-electron chi connectivity index (χ0n) is 11.6. The van der Waals surface area contributed by atoms with Crippen LogP contribution in [-0.2, 0) is 11.3 Å². The molecule has 0 atom stereocenters. The maximum absolute atomic E-state index is 12.3. The fourth-order valence-electron chi connectivity index (χ4n) is 1.72. The molecule has 0 saturated carbocycles. The van der Waals surface area contributed by atoms with Gasteiger partial charge in [0.25, 0.3) is 5.91 Å². The van der Waals surface area contributed by atoms with Crippen molar-refractivity contribution < 1.29 is 14.3 Å². The second-order valence-corrected chi connectivity index (χ2v) is 6.19. The third kappa shape index (κ3) is 4.84. The van der Waals surface area contributed by atoms with Crippen LogP contribution in [0, 0.1) is 0 Å². The van der Waals surface area contributed by atoms with Crippen LogP contribution in [0.2, 0.25) is 0 Å². The number of amides is 1. The lowest BCUT2D eigenvalue weighted by Gasteiger charge is -2.11. The van der Waals surface area contributed by atoms with Gasteiger partial charge in [0.1, 0.15) is 12.4 Å². The first-order valence-electron chi connectivity index (χ1n) is 6.42. The first-order valence-corrected chi connectivity index (χ1v) is 8.10. The predicted octanol–water partition coefficient (Wildman–Crippen LogP) is 3.47. The van der Waals surface area contributed by atoms with E-state index in [1.165, 1.54) is 0 Å². The van der Waals surface area contributed by atoms with Crippen molar-refractivity contribution in [3.63, 3.8) is 0 Å². The topological polar surface area (TPSA) is 47.6 Å². The van der Waals surface area contributed by atoms with Crippen LogP contribution in [0.15, 0.2) is 40.2 Å². The summed E-state index contributed by atoms with van der Waals surface area (Å²) in [7, 11) is 1.61. The molecule has 21 heavy (non-hydrogen) atoms. The van der Waals surface area contributed by atoms with Crippen LogP contribution in [0.5, 0.6) is 5.75 Å². The molecule has 1 amide bonds. The summed E-state index contributed by atoms with van der Waals surface area (Å²) in [5, 5.41) is 4.88. The maximum atomic E-state index is 12.3. The van der Waals surface area contributed by atoms with Gasteiger partial charge in [0.05, 0.1) is 18.7 Å². The minimum atomic E-state index is -0.155. The van der Waals surface area contributed by atoms with E-state index in [0.29, 0.717) is 31.1 Å². The Morgan fingerprint density at radius 3 is 2.90 bits per heavy atom. The third-order valence-electron chi connectivity index (χ3n) is 2.73. The highest BCUT2D eigenvalue weighted by Gasteiger charge is 2.13. The van der Waals surface area contributed by atoms with Crippen LogP contribution in [0.3, 0.4) is 0 Å². The van der Waals surface area contributed by atoms with Crippen molar-refractivity contribution in [1.29, 1.82) is 0 Å². The SMILES string of the molecule is COCCOc1ccc(Br)cc1C(=O)NCc1cccs1. The number of hydrogen-bond donors (Lipinski definition) is 1. The standard InChI is InChI=1S/C15H16BrNO3S/c1-19-6-7-20-14-5-4-11(16)9-13(14)15(18)17-10-12-3-2-8-21-12/h2-5,8-9H,6-7,10H2,1H3,(H,17,18). The molecule has 1 heterocycles. The summed E-state index contributed by atoms with van der Waals surface area (Å²) < 4.78 is 11.4. The molecule has 0 fully saturated rings. The quantitative estimate of drug-likeness (QED) is 0.760. The third-order valence-corrected chi connectivity index (χ3v) is 4.10. The van der Waals surface area contributed by atoms with Crippen LogP contribution >= 0.6 is 27.3 Å². The molecule has 6 heteroatoms. The van der Waals surface area contributed by atoms with E-state index in [9.17, 15) is 4.79 Å². The largest absolute Gasteiger partial charge is 0.490 e. The van der Waals surface area contributed by atoms with Crippen LogP contribution in [0.1, 0.15) is 15.2 Å². The summed E-state index contributed by atoms with van der Waals surface area (Å²) in [6, 6.07) is 9.33. The Morgan fingerprint density at radius 1 is 1.33 bits per heavy atom. The van der Waals surface area contributed by atoms with Gasteiger partial charge in [-0.1, -0.05) is 22.0 Å². The molecule has 2 rings (SSSR count). The Kier molecular flexibility index (Phi) is 6.22. The normalized spacial score (nSPS) is 10.4. The molecule has 0 bridgehead atoms. The van der Waals surface area contributed by atoms with Crippen molar-refractivity contribution in [2.45, 2.75) is 6.54 Å². The van der Waals surface area contributed by atoms with Gasteiger partial charge in [0.2, 0.25) is 0 Å². The molecule has 0 unspecified atom stereocenters. The molecule has 1 aromatic carbocycles. The van der Waals surface area contributed by atoms with Gasteiger partial charge in [-0.2, -0.15) is 0 Å². The van der Waals surface area contributed by atoms with Crippen LogP contribution in [0.4, 0.5) is 0 Å².